The van der Waals surface area contributed by atoms with E-state index in [4.69, 9.17) is 16.3 Å². The van der Waals surface area contributed by atoms with E-state index in [0.717, 1.165) is 31.1 Å². The summed E-state index contributed by atoms with van der Waals surface area (Å²) in [6.07, 6.45) is 6.73. The van der Waals surface area contributed by atoms with Crippen LogP contribution in [0.25, 0.3) is 10.9 Å². The molecule has 0 atom stereocenters. The van der Waals surface area contributed by atoms with Crippen molar-refractivity contribution in [3.63, 3.8) is 0 Å². The third kappa shape index (κ3) is 4.92. The molecule has 1 saturated carbocycles. The molecule has 1 N–H and O–H groups in total. The van der Waals surface area contributed by atoms with Gasteiger partial charge in [-0.25, -0.2) is 9.78 Å². The first-order valence-electron chi connectivity index (χ1n) is 8.64. The van der Waals surface area contributed by atoms with Crippen molar-refractivity contribution in [3.05, 3.63) is 41.0 Å². The molecule has 5 nitrogen and oxygen atoms in total. The number of hydrogen-bond donors (Lipinski definition) is 1. The van der Waals surface area contributed by atoms with Crippen LogP contribution in [-0.2, 0) is 9.53 Å². The second kappa shape index (κ2) is 8.30. The van der Waals surface area contributed by atoms with Crippen molar-refractivity contribution in [2.24, 2.45) is 0 Å². The molecular weight excluding hydrogens is 340 g/mol. The zero-order chi connectivity index (χ0) is 17.6. The van der Waals surface area contributed by atoms with Crippen molar-refractivity contribution in [1.82, 2.24) is 10.3 Å². The van der Waals surface area contributed by atoms with E-state index in [1.54, 1.807) is 30.3 Å². The number of halogens is 1. The standard InChI is InChI=1S/C19H21ClN2O3/c20-17-10-8-13-11-14(7-9-16(13)22-17)19(24)25-12-18(23)21-15-5-3-1-2-4-6-15/h7-11,15H,1-6,12H2,(H,21,23). The molecule has 2 aromatic rings. The van der Waals surface area contributed by atoms with Gasteiger partial charge in [0.2, 0.25) is 0 Å². The number of hydrogen-bond acceptors (Lipinski definition) is 4. The summed E-state index contributed by atoms with van der Waals surface area (Å²) in [7, 11) is 0. The van der Waals surface area contributed by atoms with Crippen LogP contribution < -0.4 is 5.32 Å². The van der Waals surface area contributed by atoms with Gasteiger partial charge in [0.15, 0.2) is 6.61 Å². The van der Waals surface area contributed by atoms with Crippen LogP contribution in [0, 0.1) is 0 Å². The van der Waals surface area contributed by atoms with Crippen LogP contribution in [-0.4, -0.2) is 29.5 Å². The molecule has 6 heteroatoms. The number of nitrogens with zero attached hydrogens (tertiary/aromatic N) is 1. The Bertz CT molecular complexity index is 770. The molecule has 1 aromatic heterocycles. The Hall–Kier alpha value is -2.14. The fraction of sp³-hybridized carbons (Fsp3) is 0.421. The van der Waals surface area contributed by atoms with Crippen LogP contribution in [0.2, 0.25) is 5.15 Å². The topological polar surface area (TPSA) is 68.3 Å². The largest absolute Gasteiger partial charge is 0.452 e. The first kappa shape index (κ1) is 17.7. The lowest BCUT2D eigenvalue weighted by molar-refractivity contribution is -0.125. The van der Waals surface area contributed by atoms with E-state index in [0.29, 0.717) is 16.2 Å². The third-order valence-corrected chi connectivity index (χ3v) is 4.66. The lowest BCUT2D eigenvalue weighted by atomic mass is 10.1. The second-order valence-corrected chi connectivity index (χ2v) is 6.76. The average Bonchev–Trinajstić information content (AvgIpc) is 2.88. The number of esters is 1. The summed E-state index contributed by atoms with van der Waals surface area (Å²) < 4.78 is 5.14. The number of rotatable bonds is 4. The van der Waals surface area contributed by atoms with Gasteiger partial charge >= 0.3 is 5.97 Å². The fourth-order valence-electron chi connectivity index (χ4n) is 3.14. The number of ether oxygens (including phenoxy) is 1. The van der Waals surface area contributed by atoms with E-state index in [1.807, 2.05) is 0 Å². The molecule has 1 fully saturated rings. The number of fused-ring (bicyclic) bond motifs is 1. The Morgan fingerprint density at radius 2 is 1.88 bits per heavy atom. The third-order valence-electron chi connectivity index (χ3n) is 4.45. The highest BCUT2D eigenvalue weighted by Gasteiger charge is 2.16. The van der Waals surface area contributed by atoms with Crippen LogP contribution in [0.15, 0.2) is 30.3 Å². The van der Waals surface area contributed by atoms with Gasteiger partial charge in [-0.2, -0.15) is 0 Å². The van der Waals surface area contributed by atoms with E-state index in [1.165, 1.54) is 12.8 Å². The minimum Gasteiger partial charge on any atom is -0.452 e. The summed E-state index contributed by atoms with van der Waals surface area (Å²) in [5.41, 5.74) is 1.09. The van der Waals surface area contributed by atoms with E-state index in [2.05, 4.69) is 10.3 Å². The SMILES string of the molecule is O=C(COC(=O)c1ccc2nc(Cl)ccc2c1)NC1CCCCCC1. The Labute approximate surface area is 151 Å². The minimum absolute atomic E-state index is 0.199. The molecule has 0 bridgehead atoms. The Kier molecular flexibility index (Phi) is 5.87. The van der Waals surface area contributed by atoms with Crippen molar-refractivity contribution in [2.45, 2.75) is 44.6 Å². The molecule has 0 spiro atoms. The number of aromatic nitrogens is 1. The molecule has 3 rings (SSSR count). The van der Waals surface area contributed by atoms with Crippen LogP contribution >= 0.6 is 11.6 Å². The Morgan fingerprint density at radius 3 is 2.64 bits per heavy atom. The van der Waals surface area contributed by atoms with E-state index < -0.39 is 5.97 Å². The molecule has 1 heterocycles. The van der Waals surface area contributed by atoms with Crippen LogP contribution in [0.5, 0.6) is 0 Å². The van der Waals surface area contributed by atoms with Crippen LogP contribution in [0.4, 0.5) is 0 Å². The van der Waals surface area contributed by atoms with Crippen molar-refractivity contribution in [3.8, 4) is 0 Å². The van der Waals surface area contributed by atoms with Gasteiger partial charge in [0.05, 0.1) is 11.1 Å². The Balaban J connectivity index is 1.54. The smallest absolute Gasteiger partial charge is 0.338 e. The molecule has 0 aliphatic heterocycles. The molecular formula is C19H21ClN2O3. The predicted molar refractivity (Wildman–Crippen MR) is 96.7 cm³/mol. The molecule has 1 aliphatic carbocycles. The summed E-state index contributed by atoms with van der Waals surface area (Å²) in [5, 5.41) is 4.15. The number of carbonyl (C=O) groups is 2. The molecule has 0 saturated heterocycles. The maximum absolute atomic E-state index is 12.2. The van der Waals surface area contributed by atoms with Crippen molar-refractivity contribution >= 4 is 34.4 Å². The van der Waals surface area contributed by atoms with Gasteiger partial charge in [-0.05, 0) is 43.2 Å². The lowest BCUT2D eigenvalue weighted by Gasteiger charge is -2.16. The zero-order valence-corrected chi connectivity index (χ0v) is 14.7. The number of carbonyl (C=O) groups excluding carboxylic acids is 2. The van der Waals surface area contributed by atoms with Gasteiger partial charge in [0.25, 0.3) is 5.91 Å². The van der Waals surface area contributed by atoms with Crippen molar-refractivity contribution in [2.75, 3.05) is 6.61 Å². The summed E-state index contributed by atoms with van der Waals surface area (Å²) in [4.78, 5) is 28.3. The van der Waals surface area contributed by atoms with Crippen molar-refractivity contribution in [1.29, 1.82) is 0 Å². The monoisotopic (exact) mass is 360 g/mol. The number of pyridine rings is 1. The normalized spacial score (nSPS) is 15.6. The summed E-state index contributed by atoms with van der Waals surface area (Å²) in [5.74, 6) is -0.762. The minimum atomic E-state index is -0.520. The molecule has 1 aromatic carbocycles. The maximum atomic E-state index is 12.2. The summed E-state index contributed by atoms with van der Waals surface area (Å²) in [6.45, 7) is -0.258. The maximum Gasteiger partial charge on any atom is 0.338 e. The second-order valence-electron chi connectivity index (χ2n) is 6.37. The zero-order valence-electron chi connectivity index (χ0n) is 14.0. The fourth-order valence-corrected chi connectivity index (χ4v) is 3.29. The molecule has 0 radical (unpaired) electrons. The number of nitrogens with one attached hydrogen (secondary N) is 1. The number of benzene rings is 1. The van der Waals surface area contributed by atoms with Gasteiger partial charge < -0.3 is 10.1 Å². The molecule has 25 heavy (non-hydrogen) atoms. The summed E-state index contributed by atoms with van der Waals surface area (Å²) >= 11 is 5.85. The average molecular weight is 361 g/mol. The Morgan fingerprint density at radius 1 is 1.12 bits per heavy atom. The molecule has 1 aliphatic rings. The predicted octanol–water partition coefficient (Wildman–Crippen LogP) is 3.88. The lowest BCUT2D eigenvalue weighted by Crippen LogP contribution is -2.37. The van der Waals surface area contributed by atoms with E-state index >= 15 is 0 Å². The van der Waals surface area contributed by atoms with E-state index in [9.17, 15) is 9.59 Å². The highest BCUT2D eigenvalue weighted by atomic mass is 35.5. The summed E-state index contributed by atoms with van der Waals surface area (Å²) in [6, 6.07) is 8.68. The van der Waals surface area contributed by atoms with Gasteiger partial charge in [0, 0.05) is 11.4 Å². The molecule has 0 unspecified atom stereocenters. The highest BCUT2D eigenvalue weighted by Crippen LogP contribution is 2.18. The first-order chi connectivity index (χ1) is 12.1. The highest BCUT2D eigenvalue weighted by molar-refractivity contribution is 6.29. The van der Waals surface area contributed by atoms with Gasteiger partial charge in [-0.3, -0.25) is 4.79 Å². The van der Waals surface area contributed by atoms with Gasteiger partial charge in [-0.1, -0.05) is 37.3 Å². The number of amides is 1. The first-order valence-corrected chi connectivity index (χ1v) is 9.02. The van der Waals surface area contributed by atoms with Gasteiger partial charge in [0.1, 0.15) is 5.15 Å². The quantitative estimate of drug-likeness (QED) is 0.510. The molecule has 1 amide bonds. The van der Waals surface area contributed by atoms with Crippen molar-refractivity contribution < 1.29 is 14.3 Å². The van der Waals surface area contributed by atoms with Crippen LogP contribution in [0.3, 0.4) is 0 Å². The van der Waals surface area contributed by atoms with E-state index in [-0.39, 0.29) is 18.6 Å². The molecule has 132 valence electrons. The van der Waals surface area contributed by atoms with Gasteiger partial charge in [-0.15, -0.1) is 0 Å². The van der Waals surface area contributed by atoms with Crippen LogP contribution in [0.1, 0.15) is 48.9 Å².